The van der Waals surface area contributed by atoms with E-state index in [0.717, 1.165) is 24.7 Å². The SMILES string of the molecule is O=CC1CCCN1C(=O)Cc1ccc(Cl)cc1. The lowest BCUT2D eigenvalue weighted by Crippen LogP contribution is -2.37. The minimum absolute atomic E-state index is 0.0157. The molecule has 2 rings (SSSR count). The lowest BCUT2D eigenvalue weighted by atomic mass is 10.1. The Morgan fingerprint density at radius 3 is 2.76 bits per heavy atom. The molecule has 0 aromatic heterocycles. The van der Waals surface area contributed by atoms with Crippen LogP contribution in [0.3, 0.4) is 0 Å². The van der Waals surface area contributed by atoms with E-state index in [2.05, 4.69) is 0 Å². The Balaban J connectivity index is 2.01. The van der Waals surface area contributed by atoms with Gasteiger partial charge in [-0.15, -0.1) is 0 Å². The van der Waals surface area contributed by atoms with Crippen molar-refractivity contribution < 1.29 is 9.59 Å². The summed E-state index contributed by atoms with van der Waals surface area (Å²) in [4.78, 5) is 24.5. The van der Waals surface area contributed by atoms with E-state index in [-0.39, 0.29) is 11.9 Å². The molecule has 0 saturated carbocycles. The van der Waals surface area contributed by atoms with Gasteiger partial charge in [-0.2, -0.15) is 0 Å². The van der Waals surface area contributed by atoms with Crippen LogP contribution in [0.5, 0.6) is 0 Å². The summed E-state index contributed by atoms with van der Waals surface area (Å²) in [7, 11) is 0. The molecular weight excluding hydrogens is 238 g/mol. The number of hydrogen-bond donors (Lipinski definition) is 0. The summed E-state index contributed by atoms with van der Waals surface area (Å²) in [5, 5.41) is 0.660. The number of carbonyl (C=O) groups excluding carboxylic acids is 2. The van der Waals surface area contributed by atoms with Gasteiger partial charge in [-0.05, 0) is 30.5 Å². The molecular formula is C13H14ClNO2. The number of nitrogens with zero attached hydrogens (tertiary/aromatic N) is 1. The van der Waals surface area contributed by atoms with Crippen molar-refractivity contribution in [3.05, 3.63) is 34.9 Å². The van der Waals surface area contributed by atoms with Crippen molar-refractivity contribution in [2.75, 3.05) is 6.54 Å². The van der Waals surface area contributed by atoms with Gasteiger partial charge in [-0.3, -0.25) is 4.79 Å². The Hall–Kier alpha value is -1.35. The molecule has 1 heterocycles. The van der Waals surface area contributed by atoms with Crippen LogP contribution in [0.2, 0.25) is 5.02 Å². The number of halogens is 1. The van der Waals surface area contributed by atoms with Crippen LogP contribution in [0.4, 0.5) is 0 Å². The highest BCUT2D eigenvalue weighted by Crippen LogP contribution is 2.17. The molecule has 1 aliphatic heterocycles. The molecule has 4 heteroatoms. The van der Waals surface area contributed by atoms with Crippen molar-refractivity contribution in [3.63, 3.8) is 0 Å². The van der Waals surface area contributed by atoms with Gasteiger partial charge < -0.3 is 9.69 Å². The van der Waals surface area contributed by atoms with Crippen LogP contribution in [-0.2, 0) is 16.0 Å². The van der Waals surface area contributed by atoms with Gasteiger partial charge in [0, 0.05) is 11.6 Å². The minimum Gasteiger partial charge on any atom is -0.333 e. The average Bonchev–Trinajstić information content (AvgIpc) is 2.80. The molecule has 1 fully saturated rings. The third-order valence-electron chi connectivity index (χ3n) is 3.05. The van der Waals surface area contributed by atoms with E-state index in [1.165, 1.54) is 0 Å². The zero-order valence-corrected chi connectivity index (χ0v) is 10.2. The maximum Gasteiger partial charge on any atom is 0.227 e. The first kappa shape index (κ1) is 12.1. The van der Waals surface area contributed by atoms with Gasteiger partial charge in [-0.1, -0.05) is 23.7 Å². The van der Waals surface area contributed by atoms with Crippen LogP contribution < -0.4 is 0 Å². The largest absolute Gasteiger partial charge is 0.333 e. The Bertz CT molecular complexity index is 416. The second-order valence-corrected chi connectivity index (χ2v) is 4.67. The molecule has 3 nitrogen and oxygen atoms in total. The quantitative estimate of drug-likeness (QED) is 0.772. The van der Waals surface area contributed by atoms with Gasteiger partial charge in [0.2, 0.25) is 5.91 Å². The summed E-state index contributed by atoms with van der Waals surface area (Å²) in [6.45, 7) is 0.690. The van der Waals surface area contributed by atoms with E-state index in [1.807, 2.05) is 12.1 Å². The van der Waals surface area contributed by atoms with Gasteiger partial charge in [0.1, 0.15) is 6.29 Å². The number of carbonyl (C=O) groups is 2. The zero-order valence-electron chi connectivity index (χ0n) is 9.43. The summed E-state index contributed by atoms with van der Waals surface area (Å²) >= 11 is 5.78. The molecule has 0 aliphatic carbocycles. The van der Waals surface area contributed by atoms with Crippen LogP contribution >= 0.6 is 11.6 Å². The van der Waals surface area contributed by atoms with Gasteiger partial charge in [0.15, 0.2) is 0 Å². The third-order valence-corrected chi connectivity index (χ3v) is 3.30. The first-order valence-electron chi connectivity index (χ1n) is 5.70. The van der Waals surface area contributed by atoms with Crippen LogP contribution in [0, 0.1) is 0 Å². The van der Waals surface area contributed by atoms with Crippen LogP contribution in [0.25, 0.3) is 0 Å². The van der Waals surface area contributed by atoms with Crippen molar-refractivity contribution in [2.24, 2.45) is 0 Å². The Morgan fingerprint density at radius 1 is 1.41 bits per heavy atom. The number of likely N-dealkylation sites (tertiary alicyclic amines) is 1. The fourth-order valence-electron chi connectivity index (χ4n) is 2.12. The first-order chi connectivity index (χ1) is 8.20. The standard InChI is InChI=1S/C13H14ClNO2/c14-11-5-3-10(4-6-11)8-13(17)15-7-1-2-12(15)9-16/h3-6,9,12H,1-2,7-8H2. The number of amides is 1. The van der Waals surface area contributed by atoms with Crippen molar-refractivity contribution >= 4 is 23.8 Å². The average molecular weight is 252 g/mol. The molecule has 1 atom stereocenters. The van der Waals surface area contributed by atoms with E-state index in [4.69, 9.17) is 11.6 Å². The van der Waals surface area contributed by atoms with Gasteiger partial charge in [-0.25, -0.2) is 0 Å². The molecule has 1 amide bonds. The predicted molar refractivity (Wildman–Crippen MR) is 66.0 cm³/mol. The van der Waals surface area contributed by atoms with Crippen molar-refractivity contribution in [2.45, 2.75) is 25.3 Å². The summed E-state index contributed by atoms with van der Waals surface area (Å²) in [5.41, 5.74) is 0.927. The fraction of sp³-hybridized carbons (Fsp3) is 0.385. The van der Waals surface area contributed by atoms with Crippen molar-refractivity contribution in [1.82, 2.24) is 4.90 Å². The van der Waals surface area contributed by atoms with E-state index >= 15 is 0 Å². The molecule has 1 aromatic carbocycles. The molecule has 0 spiro atoms. The second kappa shape index (κ2) is 5.32. The molecule has 90 valence electrons. The normalized spacial score (nSPS) is 19.4. The highest BCUT2D eigenvalue weighted by molar-refractivity contribution is 6.30. The first-order valence-corrected chi connectivity index (χ1v) is 6.07. The topological polar surface area (TPSA) is 37.4 Å². The molecule has 0 bridgehead atoms. The summed E-state index contributed by atoms with van der Waals surface area (Å²) in [6.07, 6.45) is 2.90. The zero-order chi connectivity index (χ0) is 12.3. The molecule has 1 aliphatic rings. The Kier molecular flexibility index (Phi) is 3.79. The van der Waals surface area contributed by atoms with Gasteiger partial charge >= 0.3 is 0 Å². The Labute approximate surface area is 105 Å². The highest BCUT2D eigenvalue weighted by Gasteiger charge is 2.27. The summed E-state index contributed by atoms with van der Waals surface area (Å²) < 4.78 is 0. The third kappa shape index (κ3) is 2.86. The molecule has 1 unspecified atom stereocenters. The maximum atomic E-state index is 12.0. The number of hydrogen-bond acceptors (Lipinski definition) is 2. The summed E-state index contributed by atoms with van der Waals surface area (Å²) in [5.74, 6) is 0.0157. The monoisotopic (exact) mass is 251 g/mol. The molecule has 17 heavy (non-hydrogen) atoms. The fourth-order valence-corrected chi connectivity index (χ4v) is 2.25. The van der Waals surface area contributed by atoms with Crippen molar-refractivity contribution in [1.29, 1.82) is 0 Å². The molecule has 1 saturated heterocycles. The second-order valence-electron chi connectivity index (χ2n) is 4.24. The molecule has 0 N–H and O–H groups in total. The van der Waals surface area contributed by atoms with Gasteiger partial charge in [0.25, 0.3) is 0 Å². The lowest BCUT2D eigenvalue weighted by Gasteiger charge is -2.20. The minimum atomic E-state index is -0.227. The van der Waals surface area contributed by atoms with E-state index in [9.17, 15) is 9.59 Å². The van der Waals surface area contributed by atoms with E-state index in [0.29, 0.717) is 18.0 Å². The smallest absolute Gasteiger partial charge is 0.227 e. The molecule has 1 aromatic rings. The Morgan fingerprint density at radius 2 is 2.12 bits per heavy atom. The van der Waals surface area contributed by atoms with Crippen LogP contribution in [0.15, 0.2) is 24.3 Å². The number of aldehydes is 1. The van der Waals surface area contributed by atoms with Gasteiger partial charge in [0.05, 0.1) is 12.5 Å². The van der Waals surface area contributed by atoms with E-state index < -0.39 is 0 Å². The highest BCUT2D eigenvalue weighted by atomic mass is 35.5. The lowest BCUT2D eigenvalue weighted by molar-refractivity contribution is -0.133. The number of benzene rings is 1. The molecule has 0 radical (unpaired) electrons. The van der Waals surface area contributed by atoms with Crippen molar-refractivity contribution in [3.8, 4) is 0 Å². The maximum absolute atomic E-state index is 12.0. The number of rotatable bonds is 3. The summed E-state index contributed by atoms with van der Waals surface area (Å²) in [6, 6.07) is 6.99. The van der Waals surface area contributed by atoms with E-state index in [1.54, 1.807) is 17.0 Å². The van der Waals surface area contributed by atoms with Crippen LogP contribution in [-0.4, -0.2) is 29.7 Å². The predicted octanol–water partition coefficient (Wildman–Crippen LogP) is 2.07. The van der Waals surface area contributed by atoms with Crippen LogP contribution in [0.1, 0.15) is 18.4 Å².